The predicted molar refractivity (Wildman–Crippen MR) is 108 cm³/mol. The number of hydrogen-bond acceptors (Lipinski definition) is 5. The van der Waals surface area contributed by atoms with E-state index in [9.17, 15) is 14.4 Å². The van der Waals surface area contributed by atoms with Crippen LogP contribution in [0.1, 0.15) is 24.2 Å². The Kier molecular flexibility index (Phi) is 6.03. The van der Waals surface area contributed by atoms with Crippen LogP contribution in [0, 0.1) is 0 Å². The largest absolute Gasteiger partial charge is 0.353 e. The number of Topliss-reactive ketones (excluding diaryl/α,β-unsaturated/α-hetero) is 1. The molecule has 0 spiro atoms. The lowest BCUT2D eigenvalue weighted by molar-refractivity contribution is -0.131. The molecule has 0 N–H and O–H groups in total. The summed E-state index contributed by atoms with van der Waals surface area (Å²) in [4.78, 5) is 46.0. The monoisotopic (exact) mass is 380 g/mol. The number of hydrogen-bond donors (Lipinski definition) is 0. The van der Waals surface area contributed by atoms with Gasteiger partial charge in [0.2, 0.25) is 11.8 Å². The van der Waals surface area contributed by atoms with E-state index < -0.39 is 0 Å². The highest BCUT2D eigenvalue weighted by Crippen LogP contribution is 2.17. The van der Waals surface area contributed by atoms with E-state index in [4.69, 9.17) is 0 Å². The predicted octanol–water partition coefficient (Wildman–Crippen LogP) is 1.99. The highest BCUT2D eigenvalue weighted by Gasteiger charge is 2.24. The van der Waals surface area contributed by atoms with E-state index in [1.165, 1.54) is 18.7 Å². The van der Waals surface area contributed by atoms with Crippen LogP contribution >= 0.6 is 0 Å². The first-order valence-electron chi connectivity index (χ1n) is 9.28. The summed E-state index contributed by atoms with van der Waals surface area (Å²) in [5.41, 5.74) is 1.18. The molecule has 1 fully saturated rings. The molecule has 1 aromatic heterocycles. The molecule has 28 heavy (non-hydrogen) atoms. The van der Waals surface area contributed by atoms with Crippen molar-refractivity contribution in [3.8, 4) is 0 Å². The summed E-state index contributed by atoms with van der Waals surface area (Å²) in [5.74, 6) is 0.566. The first-order valence-corrected chi connectivity index (χ1v) is 9.28. The lowest BCUT2D eigenvalue weighted by atomic mass is 10.1. The molecule has 2 heterocycles. The molecule has 3 rings (SSSR count). The Labute approximate surface area is 164 Å². The number of carbonyl (C=O) groups excluding carboxylic acids is 3. The van der Waals surface area contributed by atoms with Gasteiger partial charge in [-0.1, -0.05) is 6.07 Å². The molecule has 1 aliphatic heterocycles. The molecule has 2 aromatic rings. The number of piperazine rings is 1. The molecule has 0 bridgehead atoms. The van der Waals surface area contributed by atoms with Crippen molar-refractivity contribution in [3.63, 3.8) is 0 Å². The van der Waals surface area contributed by atoms with Gasteiger partial charge in [-0.05, 0) is 43.3 Å². The summed E-state index contributed by atoms with van der Waals surface area (Å²) >= 11 is 0. The smallest absolute Gasteiger partial charge is 0.242 e. The fourth-order valence-electron chi connectivity index (χ4n) is 3.22. The van der Waals surface area contributed by atoms with Crippen LogP contribution in [-0.4, -0.2) is 60.2 Å². The Bertz CT molecular complexity index is 844. The van der Waals surface area contributed by atoms with Crippen LogP contribution in [0.15, 0.2) is 48.7 Å². The summed E-state index contributed by atoms with van der Waals surface area (Å²) in [6.45, 7) is 5.50. The lowest BCUT2D eigenvalue weighted by Crippen LogP contribution is -2.52. The summed E-state index contributed by atoms with van der Waals surface area (Å²) in [6, 6.07) is 12.5. The Balaban J connectivity index is 1.62. The van der Waals surface area contributed by atoms with Gasteiger partial charge in [-0.3, -0.25) is 14.4 Å². The number of rotatable bonds is 5. The van der Waals surface area contributed by atoms with E-state index in [2.05, 4.69) is 9.88 Å². The summed E-state index contributed by atoms with van der Waals surface area (Å²) < 4.78 is 0. The van der Waals surface area contributed by atoms with Crippen LogP contribution in [-0.2, 0) is 9.59 Å². The van der Waals surface area contributed by atoms with Crippen LogP contribution in [0.25, 0.3) is 0 Å². The molecule has 1 aromatic carbocycles. The van der Waals surface area contributed by atoms with Gasteiger partial charge in [0, 0.05) is 50.6 Å². The summed E-state index contributed by atoms with van der Waals surface area (Å²) in [5, 5.41) is 0. The molecule has 0 saturated carbocycles. The van der Waals surface area contributed by atoms with Crippen molar-refractivity contribution >= 4 is 29.1 Å². The van der Waals surface area contributed by atoms with Crippen molar-refractivity contribution in [2.24, 2.45) is 0 Å². The van der Waals surface area contributed by atoms with Crippen LogP contribution in [0.5, 0.6) is 0 Å². The Morgan fingerprint density at radius 3 is 2.18 bits per heavy atom. The Hall–Kier alpha value is -3.22. The van der Waals surface area contributed by atoms with E-state index >= 15 is 0 Å². The number of ketones is 1. The lowest BCUT2D eigenvalue weighted by Gasteiger charge is -2.36. The van der Waals surface area contributed by atoms with Crippen molar-refractivity contribution in [2.45, 2.75) is 13.8 Å². The van der Waals surface area contributed by atoms with Crippen molar-refractivity contribution in [2.75, 3.05) is 42.5 Å². The van der Waals surface area contributed by atoms with E-state index in [1.807, 2.05) is 18.2 Å². The summed E-state index contributed by atoms with van der Waals surface area (Å²) in [7, 11) is 0. The number of anilines is 2. The van der Waals surface area contributed by atoms with Gasteiger partial charge in [0.05, 0.1) is 0 Å². The third kappa shape index (κ3) is 4.54. The average molecular weight is 380 g/mol. The number of amides is 2. The van der Waals surface area contributed by atoms with Crippen molar-refractivity contribution in [1.29, 1.82) is 0 Å². The van der Waals surface area contributed by atoms with Gasteiger partial charge in [-0.15, -0.1) is 0 Å². The average Bonchev–Trinajstić information content (AvgIpc) is 2.72. The number of aromatic nitrogens is 1. The summed E-state index contributed by atoms with van der Waals surface area (Å²) in [6.07, 6.45) is 1.76. The number of nitrogens with zero attached hydrogens (tertiary/aromatic N) is 4. The van der Waals surface area contributed by atoms with E-state index in [-0.39, 0.29) is 24.1 Å². The highest BCUT2D eigenvalue weighted by molar-refractivity contribution is 5.98. The molecule has 0 radical (unpaired) electrons. The van der Waals surface area contributed by atoms with Crippen molar-refractivity contribution in [1.82, 2.24) is 9.88 Å². The molecule has 0 atom stereocenters. The van der Waals surface area contributed by atoms with Crippen LogP contribution in [0.3, 0.4) is 0 Å². The second-order valence-electron chi connectivity index (χ2n) is 6.76. The minimum Gasteiger partial charge on any atom is -0.353 e. The topological polar surface area (TPSA) is 73.8 Å². The second kappa shape index (κ2) is 8.65. The molecule has 0 aliphatic carbocycles. The SMILES string of the molecule is CC(=O)c1ccc(N(CC(=O)N2CCN(c3ccccn3)CC2)C(C)=O)cc1. The third-order valence-electron chi connectivity index (χ3n) is 4.86. The van der Waals surface area contributed by atoms with Crippen LogP contribution in [0.2, 0.25) is 0 Å². The minimum absolute atomic E-state index is 0.0155. The van der Waals surface area contributed by atoms with Crippen molar-refractivity contribution in [3.05, 3.63) is 54.2 Å². The standard InChI is InChI=1S/C21H24N4O3/c1-16(26)18-6-8-19(9-7-18)25(17(2)27)15-21(28)24-13-11-23(12-14-24)20-5-3-4-10-22-20/h3-10H,11-15H2,1-2H3. The number of carbonyl (C=O) groups is 3. The first kappa shape index (κ1) is 19.5. The molecule has 1 saturated heterocycles. The third-order valence-corrected chi connectivity index (χ3v) is 4.86. The fourth-order valence-corrected chi connectivity index (χ4v) is 3.22. The molecule has 0 unspecified atom stereocenters. The van der Waals surface area contributed by atoms with Gasteiger partial charge in [-0.25, -0.2) is 4.98 Å². The van der Waals surface area contributed by atoms with Crippen molar-refractivity contribution < 1.29 is 14.4 Å². The molecular weight excluding hydrogens is 356 g/mol. The molecule has 7 nitrogen and oxygen atoms in total. The maximum atomic E-state index is 12.7. The molecule has 146 valence electrons. The Morgan fingerprint density at radius 1 is 0.964 bits per heavy atom. The maximum Gasteiger partial charge on any atom is 0.242 e. The zero-order valence-electron chi connectivity index (χ0n) is 16.2. The highest BCUT2D eigenvalue weighted by atomic mass is 16.2. The van der Waals surface area contributed by atoms with Gasteiger partial charge >= 0.3 is 0 Å². The maximum absolute atomic E-state index is 12.7. The van der Waals surface area contributed by atoms with Gasteiger partial charge < -0.3 is 14.7 Å². The van der Waals surface area contributed by atoms with Crippen LogP contribution in [0.4, 0.5) is 11.5 Å². The van der Waals surface area contributed by atoms with Crippen LogP contribution < -0.4 is 9.80 Å². The number of benzene rings is 1. The van der Waals surface area contributed by atoms with E-state index in [1.54, 1.807) is 35.4 Å². The zero-order chi connectivity index (χ0) is 20.1. The normalized spacial score (nSPS) is 13.9. The second-order valence-corrected chi connectivity index (χ2v) is 6.76. The van der Waals surface area contributed by atoms with E-state index in [0.29, 0.717) is 37.4 Å². The number of pyridine rings is 1. The van der Waals surface area contributed by atoms with E-state index in [0.717, 1.165) is 5.82 Å². The van der Waals surface area contributed by atoms with Gasteiger partial charge in [0.25, 0.3) is 0 Å². The molecular formula is C21H24N4O3. The zero-order valence-corrected chi connectivity index (χ0v) is 16.2. The molecule has 1 aliphatic rings. The molecule has 7 heteroatoms. The Morgan fingerprint density at radius 2 is 1.64 bits per heavy atom. The van der Waals surface area contributed by atoms with Gasteiger partial charge in [0.15, 0.2) is 5.78 Å². The van der Waals surface area contributed by atoms with Gasteiger partial charge in [-0.2, -0.15) is 0 Å². The minimum atomic E-state index is -0.212. The quantitative estimate of drug-likeness (QED) is 0.742. The first-order chi connectivity index (χ1) is 13.5. The van der Waals surface area contributed by atoms with Gasteiger partial charge in [0.1, 0.15) is 12.4 Å². The molecule has 2 amide bonds. The fraction of sp³-hybridized carbons (Fsp3) is 0.333.